The van der Waals surface area contributed by atoms with Crippen LogP contribution in [0.2, 0.25) is 0 Å². The third kappa shape index (κ3) is 2.69. The summed E-state index contributed by atoms with van der Waals surface area (Å²) in [5.41, 5.74) is 0.705. The minimum Gasteiger partial charge on any atom is -0.0623 e. The molecule has 0 amide bonds. The summed E-state index contributed by atoms with van der Waals surface area (Å²) in [4.78, 5) is 0. The van der Waals surface area contributed by atoms with E-state index in [9.17, 15) is 0 Å². The molecule has 20 heavy (non-hydrogen) atoms. The Morgan fingerprint density at radius 1 is 1.10 bits per heavy atom. The van der Waals surface area contributed by atoms with Crippen molar-refractivity contribution < 1.29 is 0 Å². The van der Waals surface area contributed by atoms with Crippen molar-refractivity contribution in [2.24, 2.45) is 46.8 Å². The van der Waals surface area contributed by atoms with Gasteiger partial charge < -0.3 is 0 Å². The first kappa shape index (κ1) is 14.9. The molecule has 0 aromatic rings. The maximum Gasteiger partial charge on any atom is -0.0295 e. The van der Waals surface area contributed by atoms with Crippen LogP contribution in [0.15, 0.2) is 0 Å². The van der Waals surface area contributed by atoms with Gasteiger partial charge in [0.1, 0.15) is 0 Å². The second-order valence-electron chi connectivity index (χ2n) is 9.39. The Morgan fingerprint density at radius 2 is 1.80 bits per heavy atom. The highest BCUT2D eigenvalue weighted by atomic mass is 14.6. The van der Waals surface area contributed by atoms with Crippen molar-refractivity contribution in [2.75, 3.05) is 0 Å². The Hall–Kier alpha value is 0. The molecule has 0 heterocycles. The fourth-order valence-corrected chi connectivity index (χ4v) is 5.67. The van der Waals surface area contributed by atoms with Gasteiger partial charge in [0, 0.05) is 0 Å². The number of fused-ring (bicyclic) bond motifs is 1. The Morgan fingerprint density at radius 3 is 2.35 bits per heavy atom. The predicted molar refractivity (Wildman–Crippen MR) is 87.6 cm³/mol. The molecule has 8 atom stereocenters. The van der Waals surface area contributed by atoms with Gasteiger partial charge in [-0.2, -0.15) is 0 Å². The molecule has 3 rings (SSSR count). The number of rotatable bonds is 7. The molecule has 3 fully saturated rings. The van der Waals surface area contributed by atoms with Gasteiger partial charge in [-0.05, 0) is 72.5 Å². The Labute approximate surface area is 127 Å². The van der Waals surface area contributed by atoms with E-state index < -0.39 is 0 Å². The van der Waals surface area contributed by atoms with Crippen molar-refractivity contribution >= 4 is 0 Å². The van der Waals surface area contributed by atoms with Crippen molar-refractivity contribution in [2.45, 2.75) is 79.6 Å². The molecule has 0 heteroatoms. The quantitative estimate of drug-likeness (QED) is 0.522. The minimum atomic E-state index is 0.705. The summed E-state index contributed by atoms with van der Waals surface area (Å²) < 4.78 is 0. The van der Waals surface area contributed by atoms with Gasteiger partial charge in [-0.25, -0.2) is 0 Å². The average Bonchev–Trinajstić information content (AvgIpc) is 2.93. The van der Waals surface area contributed by atoms with Crippen LogP contribution in [0, 0.1) is 46.8 Å². The summed E-state index contributed by atoms with van der Waals surface area (Å²) >= 11 is 0. The summed E-state index contributed by atoms with van der Waals surface area (Å²) in [6.07, 6.45) is 10.6. The van der Waals surface area contributed by atoms with Crippen LogP contribution in [0.3, 0.4) is 0 Å². The second kappa shape index (κ2) is 5.33. The molecule has 8 unspecified atom stereocenters. The summed E-state index contributed by atoms with van der Waals surface area (Å²) in [5.74, 6) is 7.34. The van der Waals surface area contributed by atoms with E-state index in [0.717, 1.165) is 41.4 Å². The molecule has 0 saturated heterocycles. The zero-order valence-corrected chi connectivity index (χ0v) is 14.5. The van der Waals surface area contributed by atoms with Crippen LogP contribution in [0.4, 0.5) is 0 Å². The van der Waals surface area contributed by atoms with Crippen LogP contribution in [0.5, 0.6) is 0 Å². The van der Waals surface area contributed by atoms with Crippen molar-refractivity contribution in [3.8, 4) is 0 Å². The lowest BCUT2D eigenvalue weighted by molar-refractivity contribution is -0.0850. The molecule has 0 N–H and O–H groups in total. The molecule has 0 bridgehead atoms. The molecule has 0 radical (unpaired) electrons. The lowest BCUT2D eigenvalue weighted by Gasteiger charge is -2.58. The van der Waals surface area contributed by atoms with Crippen LogP contribution in [0.25, 0.3) is 0 Å². The van der Waals surface area contributed by atoms with Crippen LogP contribution in [-0.4, -0.2) is 0 Å². The summed E-state index contributed by atoms with van der Waals surface area (Å²) in [6.45, 7) is 12.4. The Balaban J connectivity index is 1.32. The van der Waals surface area contributed by atoms with Crippen LogP contribution in [0.1, 0.15) is 79.6 Å². The van der Waals surface area contributed by atoms with Gasteiger partial charge in [0.05, 0.1) is 0 Å². The highest BCUT2D eigenvalue weighted by molar-refractivity contribution is 5.00. The maximum atomic E-state index is 2.51. The molecule has 0 aromatic carbocycles. The van der Waals surface area contributed by atoms with Gasteiger partial charge >= 0.3 is 0 Å². The minimum absolute atomic E-state index is 0.705. The van der Waals surface area contributed by atoms with E-state index in [2.05, 4.69) is 34.6 Å². The highest BCUT2D eigenvalue weighted by Crippen LogP contribution is 2.59. The molecule has 0 aromatic heterocycles. The highest BCUT2D eigenvalue weighted by Gasteiger charge is 2.51. The van der Waals surface area contributed by atoms with E-state index in [0.29, 0.717) is 5.41 Å². The maximum absolute atomic E-state index is 2.51. The number of hydrogen-bond acceptors (Lipinski definition) is 0. The van der Waals surface area contributed by atoms with Gasteiger partial charge in [-0.1, -0.05) is 53.9 Å². The van der Waals surface area contributed by atoms with E-state index in [1.165, 1.54) is 32.1 Å². The zero-order chi connectivity index (χ0) is 14.5. The van der Waals surface area contributed by atoms with E-state index in [1.54, 1.807) is 12.8 Å². The molecule has 0 nitrogen and oxygen atoms in total. The molecule has 3 aliphatic rings. The summed E-state index contributed by atoms with van der Waals surface area (Å²) in [7, 11) is 0. The first-order valence-electron chi connectivity index (χ1n) is 9.40. The predicted octanol–water partition coefficient (Wildman–Crippen LogP) is 6.16. The zero-order valence-electron chi connectivity index (χ0n) is 14.5. The topological polar surface area (TPSA) is 0 Å². The fourth-order valence-electron chi connectivity index (χ4n) is 5.67. The fraction of sp³-hybridized carbons (Fsp3) is 1.00. The van der Waals surface area contributed by atoms with Crippen molar-refractivity contribution in [3.05, 3.63) is 0 Å². The monoisotopic (exact) mass is 276 g/mol. The summed E-state index contributed by atoms with van der Waals surface area (Å²) in [5, 5.41) is 0. The largest absolute Gasteiger partial charge is 0.0623 e. The lowest BCUT2D eigenvalue weighted by atomic mass is 9.47. The Kier molecular flexibility index (Phi) is 3.97. The third-order valence-corrected chi connectivity index (χ3v) is 7.82. The molecular formula is C20H36. The van der Waals surface area contributed by atoms with Gasteiger partial charge in [0.2, 0.25) is 0 Å². The third-order valence-electron chi connectivity index (χ3n) is 7.82. The first-order valence-corrected chi connectivity index (χ1v) is 9.40. The van der Waals surface area contributed by atoms with Crippen LogP contribution >= 0.6 is 0 Å². The molecule has 3 saturated carbocycles. The first-order chi connectivity index (χ1) is 9.40. The standard InChI is InChI=1S/C20H36/c1-13(15(3)11-20(5)12-16(20)4)7-6-8-17-10-18-9-14(2)19(17)18/h13-19H,6-12H2,1-5H3. The normalized spacial score (nSPS) is 48.8. The van der Waals surface area contributed by atoms with E-state index >= 15 is 0 Å². The summed E-state index contributed by atoms with van der Waals surface area (Å²) in [6, 6.07) is 0. The molecule has 3 aliphatic carbocycles. The van der Waals surface area contributed by atoms with Crippen molar-refractivity contribution in [3.63, 3.8) is 0 Å². The van der Waals surface area contributed by atoms with Crippen molar-refractivity contribution in [1.29, 1.82) is 0 Å². The average molecular weight is 277 g/mol. The second-order valence-corrected chi connectivity index (χ2v) is 9.39. The smallest absolute Gasteiger partial charge is 0.0295 e. The van der Waals surface area contributed by atoms with Gasteiger partial charge in [-0.15, -0.1) is 0 Å². The van der Waals surface area contributed by atoms with E-state index in [-0.39, 0.29) is 0 Å². The molecule has 0 aliphatic heterocycles. The SMILES string of the molecule is CC(CCCC1CC2CC(C)C12)C(C)CC1(C)CC1C. The van der Waals surface area contributed by atoms with E-state index in [1.807, 2.05) is 0 Å². The number of hydrogen-bond donors (Lipinski definition) is 0. The van der Waals surface area contributed by atoms with Gasteiger partial charge in [0.15, 0.2) is 0 Å². The molecule has 0 spiro atoms. The van der Waals surface area contributed by atoms with Crippen LogP contribution < -0.4 is 0 Å². The molecule has 116 valence electrons. The van der Waals surface area contributed by atoms with Gasteiger partial charge in [-0.3, -0.25) is 0 Å². The van der Waals surface area contributed by atoms with Crippen molar-refractivity contribution in [1.82, 2.24) is 0 Å². The van der Waals surface area contributed by atoms with Gasteiger partial charge in [0.25, 0.3) is 0 Å². The lowest BCUT2D eigenvalue weighted by Crippen LogP contribution is -2.50. The van der Waals surface area contributed by atoms with Crippen LogP contribution in [-0.2, 0) is 0 Å². The Bertz CT molecular complexity index is 342. The van der Waals surface area contributed by atoms with E-state index in [4.69, 9.17) is 0 Å². The molecular weight excluding hydrogens is 240 g/mol.